The molecule has 0 radical (unpaired) electrons. The third-order valence-corrected chi connectivity index (χ3v) is 4.22. The fourth-order valence-electron chi connectivity index (χ4n) is 2.87. The van der Waals surface area contributed by atoms with Gasteiger partial charge in [-0.3, -0.25) is 0 Å². The van der Waals surface area contributed by atoms with Gasteiger partial charge in [0.2, 0.25) is 0 Å². The van der Waals surface area contributed by atoms with Crippen molar-refractivity contribution in [2.45, 2.75) is 97.4 Å². The summed E-state index contributed by atoms with van der Waals surface area (Å²) in [6.45, 7) is 8.81. The topological polar surface area (TPSA) is 38.1 Å². The Bertz CT molecular complexity index is 375. The van der Waals surface area contributed by atoms with Crippen LogP contribution in [0.1, 0.15) is 90.7 Å². The van der Waals surface area contributed by atoms with Gasteiger partial charge in [0.1, 0.15) is 5.76 Å². The van der Waals surface area contributed by atoms with Crippen molar-refractivity contribution < 1.29 is 4.52 Å². The summed E-state index contributed by atoms with van der Waals surface area (Å²) in [6, 6.07) is 2.00. The predicted octanol–water partition coefficient (Wildman–Crippen LogP) is 6.09. The average molecular weight is 294 g/mol. The number of hydrogen-bond acceptors (Lipinski definition) is 3. The fraction of sp³-hybridized carbons (Fsp3) is 0.833. The van der Waals surface area contributed by atoms with E-state index in [0.717, 1.165) is 11.6 Å². The maximum Gasteiger partial charge on any atom is 0.170 e. The molecule has 1 atom stereocenters. The molecule has 0 saturated heterocycles. The molecule has 0 aliphatic carbocycles. The van der Waals surface area contributed by atoms with Gasteiger partial charge in [-0.15, -0.1) is 0 Å². The Kier molecular flexibility index (Phi) is 8.48. The number of aryl methyl sites for hydroxylation is 1. The van der Waals surface area contributed by atoms with Gasteiger partial charge in [0.15, 0.2) is 5.82 Å². The number of nitrogens with zero attached hydrogens (tertiary/aromatic N) is 1. The second-order valence-electron chi connectivity index (χ2n) is 6.63. The van der Waals surface area contributed by atoms with E-state index in [1.165, 1.54) is 64.2 Å². The van der Waals surface area contributed by atoms with Gasteiger partial charge in [-0.2, -0.15) is 0 Å². The van der Waals surface area contributed by atoms with Crippen LogP contribution in [0.4, 0.5) is 5.82 Å². The Balaban J connectivity index is 2.47. The molecule has 1 unspecified atom stereocenters. The Morgan fingerprint density at radius 2 is 1.57 bits per heavy atom. The highest BCUT2D eigenvalue weighted by Crippen LogP contribution is 2.27. The first-order valence-corrected chi connectivity index (χ1v) is 8.81. The van der Waals surface area contributed by atoms with Crippen molar-refractivity contribution >= 4 is 5.82 Å². The first kappa shape index (κ1) is 18.1. The minimum absolute atomic E-state index is 0.144. The summed E-state index contributed by atoms with van der Waals surface area (Å²) in [4.78, 5) is 0. The smallest absolute Gasteiger partial charge is 0.170 e. The molecule has 0 fully saturated rings. The summed E-state index contributed by atoms with van der Waals surface area (Å²) >= 11 is 0. The number of aromatic nitrogens is 1. The summed E-state index contributed by atoms with van der Waals surface area (Å²) in [5.74, 6) is 1.76. The van der Waals surface area contributed by atoms with Crippen LogP contribution in [0.3, 0.4) is 0 Å². The maximum atomic E-state index is 5.18. The molecule has 1 N–H and O–H groups in total. The van der Waals surface area contributed by atoms with Crippen molar-refractivity contribution in [3.05, 3.63) is 11.8 Å². The summed E-state index contributed by atoms with van der Waals surface area (Å²) < 4.78 is 5.18. The lowest BCUT2D eigenvalue weighted by Crippen LogP contribution is -2.35. The fourth-order valence-corrected chi connectivity index (χ4v) is 2.87. The summed E-state index contributed by atoms with van der Waals surface area (Å²) in [7, 11) is 0. The number of hydrogen-bond donors (Lipinski definition) is 1. The summed E-state index contributed by atoms with van der Waals surface area (Å²) in [5.41, 5.74) is 0.144. The second kappa shape index (κ2) is 9.86. The molecule has 1 aromatic heterocycles. The summed E-state index contributed by atoms with van der Waals surface area (Å²) in [6.07, 6.45) is 13.0. The van der Waals surface area contributed by atoms with Gasteiger partial charge in [-0.1, -0.05) is 70.4 Å². The van der Waals surface area contributed by atoms with E-state index in [1.807, 2.05) is 13.0 Å². The molecule has 3 nitrogen and oxygen atoms in total. The van der Waals surface area contributed by atoms with Gasteiger partial charge in [-0.25, -0.2) is 0 Å². The highest BCUT2D eigenvalue weighted by Gasteiger charge is 2.24. The lowest BCUT2D eigenvalue weighted by atomic mass is 9.88. The molecule has 1 rings (SSSR count). The molecule has 0 amide bonds. The van der Waals surface area contributed by atoms with Crippen molar-refractivity contribution in [3.8, 4) is 0 Å². The Morgan fingerprint density at radius 1 is 1.00 bits per heavy atom. The number of rotatable bonds is 12. The average Bonchev–Trinajstić information content (AvgIpc) is 2.84. The SMILES string of the molecule is CCCCCCCC(C)(CCCCC)Nc1cc(C)on1. The molecule has 21 heavy (non-hydrogen) atoms. The van der Waals surface area contributed by atoms with Crippen LogP contribution in [0.5, 0.6) is 0 Å². The van der Waals surface area contributed by atoms with Gasteiger partial charge in [0, 0.05) is 11.6 Å². The standard InChI is InChI=1S/C18H34N2O/c1-5-7-9-10-12-14-18(4,13-11-8-6-2)19-17-15-16(3)21-20-17/h15H,5-14H2,1-4H3,(H,19,20). The van der Waals surface area contributed by atoms with E-state index >= 15 is 0 Å². The van der Waals surface area contributed by atoms with Crippen LogP contribution in [0.15, 0.2) is 10.6 Å². The molecule has 1 aromatic rings. The third kappa shape index (κ3) is 7.54. The van der Waals surface area contributed by atoms with E-state index in [0.29, 0.717) is 0 Å². The highest BCUT2D eigenvalue weighted by molar-refractivity contribution is 5.36. The van der Waals surface area contributed by atoms with Crippen LogP contribution in [0.25, 0.3) is 0 Å². The van der Waals surface area contributed by atoms with E-state index in [4.69, 9.17) is 4.52 Å². The largest absolute Gasteiger partial charge is 0.362 e. The summed E-state index contributed by atoms with van der Waals surface area (Å²) in [5, 5.41) is 7.72. The van der Waals surface area contributed by atoms with E-state index in [-0.39, 0.29) is 5.54 Å². The number of unbranched alkanes of at least 4 members (excludes halogenated alkanes) is 6. The molecule has 0 bridgehead atoms. The molecule has 0 aromatic carbocycles. The lowest BCUT2D eigenvalue weighted by molar-refractivity contribution is 0.379. The number of nitrogens with one attached hydrogen (secondary N) is 1. The van der Waals surface area contributed by atoms with Gasteiger partial charge >= 0.3 is 0 Å². The third-order valence-electron chi connectivity index (χ3n) is 4.22. The van der Waals surface area contributed by atoms with Crippen molar-refractivity contribution in [1.82, 2.24) is 5.16 Å². The van der Waals surface area contributed by atoms with Gasteiger partial charge in [-0.05, 0) is 26.7 Å². The van der Waals surface area contributed by atoms with E-state index in [2.05, 4.69) is 31.2 Å². The molecule has 0 saturated carbocycles. The first-order chi connectivity index (χ1) is 10.1. The van der Waals surface area contributed by atoms with Crippen LogP contribution in [-0.2, 0) is 0 Å². The van der Waals surface area contributed by atoms with Crippen molar-refractivity contribution in [1.29, 1.82) is 0 Å². The van der Waals surface area contributed by atoms with Crippen molar-refractivity contribution in [3.63, 3.8) is 0 Å². The van der Waals surface area contributed by atoms with Crippen LogP contribution in [-0.4, -0.2) is 10.7 Å². The van der Waals surface area contributed by atoms with Crippen molar-refractivity contribution in [2.75, 3.05) is 5.32 Å². The van der Waals surface area contributed by atoms with E-state index < -0.39 is 0 Å². The van der Waals surface area contributed by atoms with E-state index in [1.54, 1.807) is 0 Å². The normalized spacial score (nSPS) is 14.1. The van der Waals surface area contributed by atoms with Gasteiger partial charge in [0.25, 0.3) is 0 Å². The van der Waals surface area contributed by atoms with Crippen LogP contribution in [0, 0.1) is 6.92 Å². The van der Waals surface area contributed by atoms with Crippen LogP contribution < -0.4 is 5.32 Å². The Hall–Kier alpha value is -0.990. The molecular formula is C18H34N2O. The van der Waals surface area contributed by atoms with Crippen LogP contribution in [0.2, 0.25) is 0 Å². The Morgan fingerprint density at radius 3 is 2.14 bits per heavy atom. The predicted molar refractivity (Wildman–Crippen MR) is 90.8 cm³/mol. The molecule has 122 valence electrons. The molecule has 0 aliphatic rings. The van der Waals surface area contributed by atoms with Gasteiger partial charge < -0.3 is 9.84 Å². The zero-order chi connectivity index (χ0) is 15.6. The minimum Gasteiger partial charge on any atom is -0.362 e. The molecular weight excluding hydrogens is 260 g/mol. The molecule has 0 spiro atoms. The van der Waals surface area contributed by atoms with Crippen LogP contribution >= 0.6 is 0 Å². The van der Waals surface area contributed by atoms with E-state index in [9.17, 15) is 0 Å². The lowest BCUT2D eigenvalue weighted by Gasteiger charge is -2.31. The second-order valence-corrected chi connectivity index (χ2v) is 6.63. The number of anilines is 1. The monoisotopic (exact) mass is 294 g/mol. The Labute approximate surface area is 130 Å². The maximum absolute atomic E-state index is 5.18. The first-order valence-electron chi connectivity index (χ1n) is 8.81. The minimum atomic E-state index is 0.144. The highest BCUT2D eigenvalue weighted by atomic mass is 16.5. The molecule has 1 heterocycles. The van der Waals surface area contributed by atoms with Crippen molar-refractivity contribution in [2.24, 2.45) is 0 Å². The molecule has 3 heteroatoms. The zero-order valence-corrected chi connectivity index (χ0v) is 14.5. The molecule has 0 aliphatic heterocycles. The van der Waals surface area contributed by atoms with Gasteiger partial charge in [0.05, 0.1) is 0 Å². The zero-order valence-electron chi connectivity index (χ0n) is 14.5. The quantitative estimate of drug-likeness (QED) is 0.474.